The number of amides is 1. The maximum absolute atomic E-state index is 14.4. The summed E-state index contributed by atoms with van der Waals surface area (Å²) in [7, 11) is 0. The molecular weight excluding hydrogens is 423 g/mol. The third kappa shape index (κ3) is 2.73. The van der Waals surface area contributed by atoms with Gasteiger partial charge in [0.2, 0.25) is 0 Å². The smallest absolute Gasteiger partial charge is 0.264 e. The first-order valence-corrected chi connectivity index (χ1v) is 9.15. The van der Waals surface area contributed by atoms with Crippen LogP contribution in [0.25, 0.3) is 11.3 Å². The van der Waals surface area contributed by atoms with Crippen molar-refractivity contribution in [3.8, 4) is 11.3 Å². The Bertz CT molecular complexity index is 1010. The third-order valence-electron chi connectivity index (χ3n) is 4.46. The summed E-state index contributed by atoms with van der Waals surface area (Å²) in [5.41, 5.74) is 2.34. The fraction of sp³-hybridized carbons (Fsp3) is 0.158. The molecule has 0 bridgehead atoms. The molecule has 1 aliphatic rings. The van der Waals surface area contributed by atoms with Gasteiger partial charge in [-0.15, -0.1) is 0 Å². The molecule has 0 saturated carbocycles. The Morgan fingerprint density at radius 2 is 2.15 bits per heavy atom. The van der Waals surface area contributed by atoms with Gasteiger partial charge in [0.15, 0.2) is 0 Å². The van der Waals surface area contributed by atoms with E-state index in [1.54, 1.807) is 17.9 Å². The minimum Gasteiger partial charge on any atom is -0.360 e. The lowest BCUT2D eigenvalue weighted by molar-refractivity contribution is 0.0988. The van der Waals surface area contributed by atoms with Gasteiger partial charge in [-0.3, -0.25) is 4.79 Å². The molecular formula is C19H13BrClFN2O2. The van der Waals surface area contributed by atoms with Crippen molar-refractivity contribution >= 4 is 39.1 Å². The molecule has 0 spiro atoms. The van der Waals surface area contributed by atoms with Crippen molar-refractivity contribution in [3.05, 3.63) is 68.6 Å². The van der Waals surface area contributed by atoms with Crippen LogP contribution in [0.2, 0.25) is 5.02 Å². The van der Waals surface area contributed by atoms with Crippen molar-refractivity contribution in [1.82, 2.24) is 5.16 Å². The van der Waals surface area contributed by atoms with Gasteiger partial charge in [0.05, 0.1) is 10.6 Å². The predicted molar refractivity (Wildman–Crippen MR) is 101 cm³/mol. The Morgan fingerprint density at radius 3 is 2.92 bits per heavy atom. The molecule has 4 rings (SSSR count). The van der Waals surface area contributed by atoms with Crippen LogP contribution in [0.4, 0.5) is 10.1 Å². The van der Waals surface area contributed by atoms with Crippen LogP contribution in [-0.2, 0) is 6.42 Å². The average Bonchev–Trinajstić information content (AvgIpc) is 3.18. The number of carbonyl (C=O) groups excluding carboxylic acids is 1. The normalized spacial score (nSPS) is 13.2. The lowest BCUT2D eigenvalue weighted by Crippen LogP contribution is -2.29. The van der Waals surface area contributed by atoms with Gasteiger partial charge in [0.1, 0.15) is 22.8 Å². The number of fused-ring (bicyclic) bond motifs is 1. The van der Waals surface area contributed by atoms with Crippen LogP contribution in [0.5, 0.6) is 0 Å². The quantitative estimate of drug-likeness (QED) is 0.541. The highest BCUT2D eigenvalue weighted by molar-refractivity contribution is 9.10. The zero-order valence-corrected chi connectivity index (χ0v) is 16.1. The molecule has 2 heterocycles. The molecule has 1 amide bonds. The van der Waals surface area contributed by atoms with E-state index in [1.807, 2.05) is 18.2 Å². The standard InChI is InChI=1S/C19H13BrClFN2O2/c1-10-16(18(23-26-10)17-13(21)3-2-4-14(17)22)19(25)24-8-7-11-9-12(20)5-6-15(11)24/h2-6,9H,7-8H2,1H3. The molecule has 2 aromatic carbocycles. The van der Waals surface area contributed by atoms with Gasteiger partial charge in [0, 0.05) is 16.7 Å². The van der Waals surface area contributed by atoms with Crippen molar-refractivity contribution < 1.29 is 13.7 Å². The van der Waals surface area contributed by atoms with Gasteiger partial charge in [-0.25, -0.2) is 4.39 Å². The summed E-state index contributed by atoms with van der Waals surface area (Å²) in [6, 6.07) is 10.1. The summed E-state index contributed by atoms with van der Waals surface area (Å²) < 4.78 is 20.5. The van der Waals surface area contributed by atoms with E-state index in [-0.39, 0.29) is 27.8 Å². The summed E-state index contributed by atoms with van der Waals surface area (Å²) >= 11 is 9.60. The molecule has 1 aromatic heterocycles. The maximum Gasteiger partial charge on any atom is 0.264 e. The van der Waals surface area contributed by atoms with Crippen LogP contribution in [0.1, 0.15) is 21.7 Å². The highest BCUT2D eigenvalue weighted by atomic mass is 79.9. The summed E-state index contributed by atoms with van der Waals surface area (Å²) in [6.07, 6.45) is 0.751. The highest BCUT2D eigenvalue weighted by Crippen LogP contribution is 2.37. The van der Waals surface area contributed by atoms with Gasteiger partial charge in [-0.05, 0) is 49.2 Å². The summed E-state index contributed by atoms with van der Waals surface area (Å²) in [5, 5.41) is 4.09. The Morgan fingerprint density at radius 1 is 1.35 bits per heavy atom. The number of nitrogens with zero attached hydrogens (tertiary/aromatic N) is 2. The van der Waals surface area contributed by atoms with Crippen molar-refractivity contribution in [2.24, 2.45) is 0 Å². The second-order valence-corrected chi connectivity index (χ2v) is 7.36. The van der Waals surface area contributed by atoms with Crippen molar-refractivity contribution in [1.29, 1.82) is 0 Å². The van der Waals surface area contributed by atoms with E-state index in [1.165, 1.54) is 12.1 Å². The topological polar surface area (TPSA) is 46.3 Å². The minimum absolute atomic E-state index is 0.0737. The molecule has 0 fully saturated rings. The van der Waals surface area contributed by atoms with Crippen LogP contribution < -0.4 is 4.90 Å². The Balaban J connectivity index is 1.81. The number of hydrogen-bond acceptors (Lipinski definition) is 3. The molecule has 132 valence electrons. The third-order valence-corrected chi connectivity index (χ3v) is 5.27. The number of hydrogen-bond donors (Lipinski definition) is 0. The monoisotopic (exact) mass is 434 g/mol. The van der Waals surface area contributed by atoms with Crippen molar-refractivity contribution in [2.45, 2.75) is 13.3 Å². The first-order chi connectivity index (χ1) is 12.5. The SMILES string of the molecule is Cc1onc(-c2c(F)cccc2Cl)c1C(=O)N1CCc2cc(Br)ccc21. The number of benzene rings is 2. The Kier molecular flexibility index (Phi) is 4.32. The molecule has 0 N–H and O–H groups in total. The first-order valence-electron chi connectivity index (χ1n) is 7.98. The summed E-state index contributed by atoms with van der Waals surface area (Å²) in [5.74, 6) is -0.500. The molecule has 3 aromatic rings. The van der Waals surface area contributed by atoms with Crippen molar-refractivity contribution in [3.63, 3.8) is 0 Å². The van der Waals surface area contributed by atoms with Gasteiger partial charge in [-0.2, -0.15) is 0 Å². The van der Waals surface area contributed by atoms with Gasteiger partial charge in [-0.1, -0.05) is 38.8 Å². The number of aromatic nitrogens is 1. The van der Waals surface area contributed by atoms with E-state index >= 15 is 0 Å². The Hall–Kier alpha value is -2.18. The number of carbonyl (C=O) groups is 1. The van der Waals surface area contributed by atoms with E-state index in [9.17, 15) is 9.18 Å². The van der Waals surface area contributed by atoms with E-state index in [0.29, 0.717) is 12.3 Å². The van der Waals surface area contributed by atoms with Crippen LogP contribution >= 0.6 is 27.5 Å². The molecule has 1 aliphatic heterocycles. The minimum atomic E-state index is -0.550. The van der Waals surface area contributed by atoms with Crippen LogP contribution in [0, 0.1) is 12.7 Å². The number of halogens is 3. The van der Waals surface area contributed by atoms with E-state index in [2.05, 4.69) is 21.1 Å². The van der Waals surface area contributed by atoms with E-state index < -0.39 is 5.82 Å². The van der Waals surface area contributed by atoms with Gasteiger partial charge >= 0.3 is 0 Å². The number of aryl methyl sites for hydroxylation is 1. The number of anilines is 1. The molecule has 0 unspecified atom stereocenters. The second kappa shape index (κ2) is 6.52. The van der Waals surface area contributed by atoms with E-state index in [4.69, 9.17) is 16.1 Å². The largest absolute Gasteiger partial charge is 0.360 e. The lowest BCUT2D eigenvalue weighted by Gasteiger charge is -2.17. The molecule has 0 atom stereocenters. The maximum atomic E-state index is 14.4. The van der Waals surface area contributed by atoms with E-state index in [0.717, 1.165) is 22.1 Å². The average molecular weight is 436 g/mol. The van der Waals surface area contributed by atoms with Gasteiger partial charge < -0.3 is 9.42 Å². The van der Waals surface area contributed by atoms with Crippen LogP contribution in [0.3, 0.4) is 0 Å². The molecule has 0 radical (unpaired) electrons. The molecule has 4 nitrogen and oxygen atoms in total. The first kappa shape index (κ1) is 17.2. The molecule has 0 aliphatic carbocycles. The van der Waals surface area contributed by atoms with Crippen LogP contribution in [0.15, 0.2) is 45.4 Å². The molecule has 0 saturated heterocycles. The van der Waals surface area contributed by atoms with Crippen molar-refractivity contribution in [2.75, 3.05) is 11.4 Å². The molecule has 26 heavy (non-hydrogen) atoms. The highest BCUT2D eigenvalue weighted by Gasteiger charge is 2.32. The summed E-state index contributed by atoms with van der Waals surface area (Å²) in [6.45, 7) is 2.18. The second-order valence-electron chi connectivity index (χ2n) is 6.04. The fourth-order valence-corrected chi connectivity index (χ4v) is 3.90. The van der Waals surface area contributed by atoms with Gasteiger partial charge in [0.25, 0.3) is 5.91 Å². The fourth-order valence-electron chi connectivity index (χ4n) is 3.23. The summed E-state index contributed by atoms with van der Waals surface area (Å²) in [4.78, 5) is 14.9. The zero-order valence-electron chi connectivity index (χ0n) is 13.7. The van der Waals surface area contributed by atoms with Crippen LogP contribution in [-0.4, -0.2) is 17.6 Å². The molecule has 7 heteroatoms. The zero-order chi connectivity index (χ0) is 18.4. The predicted octanol–water partition coefficient (Wildman–Crippen LogP) is 5.41. The number of rotatable bonds is 2. The lowest BCUT2D eigenvalue weighted by atomic mass is 10.0. The Labute approximate surface area is 162 Å².